The quantitative estimate of drug-likeness (QED) is 0.613. The van der Waals surface area contributed by atoms with Gasteiger partial charge in [0.05, 0.1) is 6.42 Å². The van der Waals surface area contributed by atoms with Crippen LogP contribution in [-0.4, -0.2) is 11.6 Å². The van der Waals surface area contributed by atoms with E-state index in [9.17, 15) is 9.59 Å². The van der Waals surface area contributed by atoms with Crippen LogP contribution in [0, 0.1) is 13.8 Å². The van der Waals surface area contributed by atoms with Crippen LogP contribution in [0.15, 0.2) is 48.5 Å². The van der Waals surface area contributed by atoms with Crippen LogP contribution >= 0.6 is 0 Å². The van der Waals surface area contributed by atoms with E-state index < -0.39 is 0 Å². The van der Waals surface area contributed by atoms with Crippen molar-refractivity contribution in [3.05, 3.63) is 70.8 Å². The van der Waals surface area contributed by atoms with Crippen molar-refractivity contribution >= 4 is 11.6 Å². The van der Waals surface area contributed by atoms with E-state index in [0.717, 1.165) is 11.1 Å². The van der Waals surface area contributed by atoms with Gasteiger partial charge in [-0.25, -0.2) is 0 Å². The van der Waals surface area contributed by atoms with Gasteiger partial charge in [-0.05, 0) is 26.0 Å². The summed E-state index contributed by atoms with van der Waals surface area (Å²) >= 11 is 0. The molecule has 0 aromatic heterocycles. The molecule has 2 aromatic carbocycles. The third kappa shape index (κ3) is 3.38. The van der Waals surface area contributed by atoms with Crippen molar-refractivity contribution in [2.45, 2.75) is 20.3 Å². The van der Waals surface area contributed by atoms with Gasteiger partial charge in [0.1, 0.15) is 0 Å². The third-order valence-corrected chi connectivity index (χ3v) is 2.96. The van der Waals surface area contributed by atoms with Crippen LogP contribution in [0.5, 0.6) is 0 Å². The maximum Gasteiger partial charge on any atom is 0.170 e. The smallest absolute Gasteiger partial charge is 0.170 e. The first kappa shape index (κ1) is 13.2. The maximum absolute atomic E-state index is 12.1. The van der Waals surface area contributed by atoms with Crippen LogP contribution < -0.4 is 0 Å². The monoisotopic (exact) mass is 252 g/mol. The molecule has 0 amide bonds. The summed E-state index contributed by atoms with van der Waals surface area (Å²) in [6, 6.07) is 14.6. The van der Waals surface area contributed by atoms with Gasteiger partial charge < -0.3 is 0 Å². The standard InChI is InChI=1S/C17H16O2/c1-12-8-13(2)10-15(9-12)17(19)11-16(18)14-6-4-3-5-7-14/h3-10H,11H2,1-2H3. The molecule has 0 N–H and O–H groups in total. The first-order valence-electron chi connectivity index (χ1n) is 6.26. The summed E-state index contributed by atoms with van der Waals surface area (Å²) in [6.07, 6.45) is -0.0765. The second-order valence-corrected chi connectivity index (χ2v) is 4.77. The summed E-state index contributed by atoms with van der Waals surface area (Å²) in [6.45, 7) is 3.89. The van der Waals surface area contributed by atoms with Gasteiger partial charge in [-0.2, -0.15) is 0 Å². The lowest BCUT2D eigenvalue weighted by Gasteiger charge is -2.04. The van der Waals surface area contributed by atoms with Crippen LogP contribution in [0.1, 0.15) is 38.3 Å². The topological polar surface area (TPSA) is 34.1 Å². The van der Waals surface area contributed by atoms with Crippen molar-refractivity contribution in [3.63, 3.8) is 0 Å². The molecule has 0 aliphatic heterocycles. The van der Waals surface area contributed by atoms with Gasteiger partial charge in [0.15, 0.2) is 11.6 Å². The van der Waals surface area contributed by atoms with E-state index in [0.29, 0.717) is 11.1 Å². The van der Waals surface area contributed by atoms with E-state index in [4.69, 9.17) is 0 Å². The largest absolute Gasteiger partial charge is 0.294 e. The number of aryl methyl sites for hydroxylation is 2. The molecule has 0 aliphatic carbocycles. The number of hydrogen-bond acceptors (Lipinski definition) is 2. The first-order chi connectivity index (χ1) is 9.06. The summed E-state index contributed by atoms with van der Waals surface area (Å²) in [7, 11) is 0. The number of benzene rings is 2. The molecule has 0 unspecified atom stereocenters. The van der Waals surface area contributed by atoms with Crippen molar-refractivity contribution in [2.24, 2.45) is 0 Å². The molecule has 2 heteroatoms. The zero-order valence-corrected chi connectivity index (χ0v) is 11.1. The molecule has 0 heterocycles. The summed E-state index contributed by atoms with van der Waals surface area (Å²) in [5.41, 5.74) is 3.27. The minimum Gasteiger partial charge on any atom is -0.294 e. The van der Waals surface area contributed by atoms with Crippen LogP contribution in [0.3, 0.4) is 0 Å². The van der Waals surface area contributed by atoms with E-state index >= 15 is 0 Å². The molecule has 0 spiro atoms. The van der Waals surface area contributed by atoms with Crippen molar-refractivity contribution < 1.29 is 9.59 Å². The molecule has 2 aromatic rings. The highest BCUT2D eigenvalue weighted by atomic mass is 16.1. The number of carbonyl (C=O) groups is 2. The maximum atomic E-state index is 12.1. The van der Waals surface area contributed by atoms with E-state index in [1.54, 1.807) is 24.3 Å². The SMILES string of the molecule is Cc1cc(C)cc(C(=O)CC(=O)c2ccccc2)c1. The first-order valence-corrected chi connectivity index (χ1v) is 6.26. The molecule has 19 heavy (non-hydrogen) atoms. The highest BCUT2D eigenvalue weighted by molar-refractivity contribution is 6.13. The molecule has 0 aliphatic rings. The summed E-state index contributed by atoms with van der Waals surface area (Å²) in [4.78, 5) is 24.1. The fourth-order valence-electron chi connectivity index (χ4n) is 2.11. The van der Waals surface area contributed by atoms with Crippen molar-refractivity contribution in [1.82, 2.24) is 0 Å². The molecule has 0 saturated heterocycles. The molecular formula is C17H16O2. The zero-order chi connectivity index (χ0) is 13.8. The molecule has 0 saturated carbocycles. The van der Waals surface area contributed by atoms with Gasteiger partial charge in [0.25, 0.3) is 0 Å². The van der Waals surface area contributed by atoms with Crippen molar-refractivity contribution in [2.75, 3.05) is 0 Å². The lowest BCUT2D eigenvalue weighted by atomic mass is 9.99. The number of rotatable bonds is 4. The van der Waals surface area contributed by atoms with E-state index in [1.165, 1.54) is 0 Å². The highest BCUT2D eigenvalue weighted by Crippen LogP contribution is 2.13. The molecule has 2 nitrogen and oxygen atoms in total. The molecule has 0 radical (unpaired) electrons. The van der Waals surface area contributed by atoms with Gasteiger partial charge in [0.2, 0.25) is 0 Å². The Morgan fingerprint density at radius 2 is 1.32 bits per heavy atom. The van der Waals surface area contributed by atoms with Crippen LogP contribution in [0.4, 0.5) is 0 Å². The van der Waals surface area contributed by atoms with Crippen molar-refractivity contribution in [1.29, 1.82) is 0 Å². The molecule has 96 valence electrons. The lowest BCUT2D eigenvalue weighted by molar-refractivity contribution is 0.0894. The number of carbonyl (C=O) groups excluding carboxylic acids is 2. The normalized spacial score (nSPS) is 10.2. The van der Waals surface area contributed by atoms with Gasteiger partial charge in [0, 0.05) is 11.1 Å². The fourth-order valence-corrected chi connectivity index (χ4v) is 2.11. The summed E-state index contributed by atoms with van der Waals surface area (Å²) in [5.74, 6) is -0.259. The number of hydrogen-bond donors (Lipinski definition) is 0. The average molecular weight is 252 g/mol. The Morgan fingerprint density at radius 3 is 1.89 bits per heavy atom. The molecule has 0 bridgehead atoms. The third-order valence-electron chi connectivity index (χ3n) is 2.96. The Morgan fingerprint density at radius 1 is 0.789 bits per heavy atom. The van der Waals surface area contributed by atoms with Gasteiger partial charge in [-0.15, -0.1) is 0 Å². The Balaban J connectivity index is 2.15. The molecule has 0 fully saturated rings. The number of Topliss-reactive ketones (excluding diaryl/α,β-unsaturated/α-hetero) is 2. The molecule has 2 rings (SSSR count). The number of ketones is 2. The Labute approximate surface area is 113 Å². The predicted molar refractivity (Wildman–Crippen MR) is 75.6 cm³/mol. The molecule has 0 atom stereocenters. The Hall–Kier alpha value is -2.22. The fraction of sp³-hybridized carbons (Fsp3) is 0.176. The average Bonchev–Trinajstić information content (AvgIpc) is 2.38. The Bertz CT molecular complexity index is 592. The predicted octanol–water partition coefficient (Wildman–Crippen LogP) is 3.76. The van der Waals surface area contributed by atoms with Gasteiger partial charge in [-0.3, -0.25) is 9.59 Å². The summed E-state index contributed by atoms with van der Waals surface area (Å²) in [5, 5.41) is 0. The van der Waals surface area contributed by atoms with Crippen LogP contribution in [0.25, 0.3) is 0 Å². The van der Waals surface area contributed by atoms with Crippen LogP contribution in [-0.2, 0) is 0 Å². The van der Waals surface area contributed by atoms with E-state index in [2.05, 4.69) is 0 Å². The van der Waals surface area contributed by atoms with Gasteiger partial charge >= 0.3 is 0 Å². The van der Waals surface area contributed by atoms with E-state index in [1.807, 2.05) is 38.1 Å². The zero-order valence-electron chi connectivity index (χ0n) is 11.1. The Kier molecular flexibility index (Phi) is 3.91. The second-order valence-electron chi connectivity index (χ2n) is 4.77. The second kappa shape index (κ2) is 5.61. The van der Waals surface area contributed by atoms with E-state index in [-0.39, 0.29) is 18.0 Å². The van der Waals surface area contributed by atoms with Crippen LogP contribution in [0.2, 0.25) is 0 Å². The molecular weight excluding hydrogens is 236 g/mol. The summed E-state index contributed by atoms with van der Waals surface area (Å²) < 4.78 is 0. The highest BCUT2D eigenvalue weighted by Gasteiger charge is 2.13. The minimum atomic E-state index is -0.134. The minimum absolute atomic E-state index is 0.0765. The lowest BCUT2D eigenvalue weighted by Crippen LogP contribution is -2.09. The van der Waals surface area contributed by atoms with Gasteiger partial charge in [-0.1, -0.05) is 47.5 Å². The van der Waals surface area contributed by atoms with Crippen molar-refractivity contribution in [3.8, 4) is 0 Å².